The van der Waals surface area contributed by atoms with Gasteiger partial charge in [-0.1, -0.05) is 12.1 Å². The molecule has 2 aromatic carbocycles. The number of carbonyl (C=O) groups is 1. The third kappa shape index (κ3) is 3.57. The summed E-state index contributed by atoms with van der Waals surface area (Å²) in [7, 11) is 3.21. The molecular weight excluding hydrogens is 320 g/mol. The van der Waals surface area contributed by atoms with Gasteiger partial charge in [0.1, 0.15) is 28.4 Å². The number of H-pyrrole nitrogens is 1. The molecule has 6 nitrogen and oxygen atoms in total. The van der Waals surface area contributed by atoms with Gasteiger partial charge in [0.15, 0.2) is 0 Å². The summed E-state index contributed by atoms with van der Waals surface area (Å²) >= 11 is 0. The van der Waals surface area contributed by atoms with E-state index in [1.54, 1.807) is 20.3 Å². The Kier molecular flexibility index (Phi) is 4.88. The van der Waals surface area contributed by atoms with Gasteiger partial charge in [-0.05, 0) is 42.7 Å². The Morgan fingerprint density at radius 1 is 1.16 bits per heavy atom. The lowest BCUT2D eigenvalue weighted by atomic mass is 10.1. The number of aromatic carboxylic acids is 1. The minimum atomic E-state index is -0.998. The summed E-state index contributed by atoms with van der Waals surface area (Å²) in [5.41, 5.74) is 2.42. The van der Waals surface area contributed by atoms with Gasteiger partial charge in [-0.2, -0.15) is 0 Å². The van der Waals surface area contributed by atoms with Crippen LogP contribution >= 0.6 is 0 Å². The van der Waals surface area contributed by atoms with Crippen molar-refractivity contribution in [2.24, 2.45) is 0 Å². The van der Waals surface area contributed by atoms with Gasteiger partial charge in [-0.3, -0.25) is 0 Å². The van der Waals surface area contributed by atoms with Crippen molar-refractivity contribution < 1.29 is 19.4 Å². The molecule has 2 N–H and O–H groups in total. The average molecular weight is 340 g/mol. The van der Waals surface area contributed by atoms with Crippen molar-refractivity contribution in [2.45, 2.75) is 19.3 Å². The molecule has 0 saturated carbocycles. The van der Waals surface area contributed by atoms with Gasteiger partial charge in [-0.15, -0.1) is 0 Å². The molecule has 0 aliphatic carbocycles. The summed E-state index contributed by atoms with van der Waals surface area (Å²) in [5.74, 6) is 1.19. The SMILES string of the molecule is COc1cccc(CCCc2nc3c(C(=O)O)ccc(OC)c3[nH]2)c1. The van der Waals surface area contributed by atoms with E-state index in [1.807, 2.05) is 18.2 Å². The summed E-state index contributed by atoms with van der Waals surface area (Å²) in [6, 6.07) is 11.1. The average Bonchev–Trinajstić information content (AvgIpc) is 3.04. The molecule has 6 heteroatoms. The lowest BCUT2D eigenvalue weighted by Crippen LogP contribution is -1.98. The standard InChI is InChI=1S/C19H20N2O4/c1-24-13-7-3-5-12(11-13)6-4-8-16-20-17-14(19(22)23)9-10-15(25-2)18(17)21-16/h3,5,7,9-11H,4,6,8H2,1-2H3,(H,20,21)(H,22,23). The molecular formula is C19H20N2O4. The third-order valence-electron chi connectivity index (χ3n) is 4.12. The van der Waals surface area contributed by atoms with Gasteiger partial charge >= 0.3 is 5.97 Å². The number of fused-ring (bicyclic) bond motifs is 1. The Labute approximate surface area is 145 Å². The van der Waals surface area contributed by atoms with E-state index in [0.717, 1.165) is 24.4 Å². The Morgan fingerprint density at radius 2 is 2.00 bits per heavy atom. The minimum Gasteiger partial charge on any atom is -0.497 e. The topological polar surface area (TPSA) is 84.4 Å². The summed E-state index contributed by atoms with van der Waals surface area (Å²) in [6.07, 6.45) is 2.49. The zero-order valence-corrected chi connectivity index (χ0v) is 14.2. The molecule has 0 amide bonds. The Morgan fingerprint density at radius 3 is 2.72 bits per heavy atom. The fraction of sp³-hybridized carbons (Fsp3) is 0.263. The third-order valence-corrected chi connectivity index (χ3v) is 4.12. The van der Waals surface area contributed by atoms with Crippen LogP contribution < -0.4 is 9.47 Å². The van der Waals surface area contributed by atoms with Gasteiger partial charge in [0.2, 0.25) is 0 Å². The smallest absolute Gasteiger partial charge is 0.337 e. The number of aryl methyl sites for hydroxylation is 2. The van der Waals surface area contributed by atoms with Gasteiger partial charge in [0.25, 0.3) is 0 Å². The molecule has 0 aliphatic heterocycles. The number of rotatable bonds is 7. The first-order valence-corrected chi connectivity index (χ1v) is 8.04. The number of ether oxygens (including phenoxy) is 2. The summed E-state index contributed by atoms with van der Waals surface area (Å²) < 4.78 is 10.5. The van der Waals surface area contributed by atoms with E-state index >= 15 is 0 Å². The van der Waals surface area contributed by atoms with Crippen LogP contribution in [0.1, 0.15) is 28.2 Å². The summed E-state index contributed by atoms with van der Waals surface area (Å²) in [6.45, 7) is 0. The molecule has 0 aliphatic rings. The number of nitrogens with one attached hydrogen (secondary N) is 1. The second-order valence-electron chi connectivity index (χ2n) is 5.73. The molecule has 1 aromatic heterocycles. The maximum absolute atomic E-state index is 11.4. The van der Waals surface area contributed by atoms with Crippen molar-refractivity contribution in [3.63, 3.8) is 0 Å². The normalized spacial score (nSPS) is 10.8. The summed E-state index contributed by atoms with van der Waals surface area (Å²) in [5, 5.41) is 9.32. The second-order valence-corrected chi connectivity index (χ2v) is 5.73. The van der Waals surface area contributed by atoms with Crippen LogP contribution in [-0.4, -0.2) is 35.3 Å². The van der Waals surface area contributed by atoms with Crippen LogP contribution in [0.5, 0.6) is 11.5 Å². The Bertz CT molecular complexity index is 902. The molecule has 3 rings (SSSR count). The van der Waals surface area contributed by atoms with Crippen LogP contribution in [0.4, 0.5) is 0 Å². The molecule has 3 aromatic rings. The molecule has 25 heavy (non-hydrogen) atoms. The number of hydrogen-bond donors (Lipinski definition) is 2. The molecule has 0 atom stereocenters. The highest BCUT2D eigenvalue weighted by Gasteiger charge is 2.16. The van der Waals surface area contributed by atoms with Crippen molar-refractivity contribution in [1.29, 1.82) is 0 Å². The fourth-order valence-electron chi connectivity index (χ4n) is 2.87. The molecule has 130 valence electrons. The molecule has 0 radical (unpaired) electrons. The lowest BCUT2D eigenvalue weighted by Gasteiger charge is -2.03. The monoisotopic (exact) mass is 340 g/mol. The number of benzene rings is 2. The van der Waals surface area contributed by atoms with Crippen LogP contribution in [0.2, 0.25) is 0 Å². The number of carboxylic acid groups (broad SMARTS) is 1. The first-order chi connectivity index (χ1) is 12.1. The molecule has 0 bridgehead atoms. The maximum Gasteiger partial charge on any atom is 0.337 e. The van der Waals surface area contributed by atoms with Gasteiger partial charge in [0.05, 0.1) is 19.8 Å². The maximum atomic E-state index is 11.4. The lowest BCUT2D eigenvalue weighted by molar-refractivity contribution is 0.0699. The summed E-state index contributed by atoms with van der Waals surface area (Å²) in [4.78, 5) is 19.0. The van der Waals surface area contributed by atoms with E-state index in [-0.39, 0.29) is 5.56 Å². The van der Waals surface area contributed by atoms with E-state index in [0.29, 0.717) is 23.2 Å². The van der Waals surface area contributed by atoms with Crippen LogP contribution in [0.25, 0.3) is 11.0 Å². The minimum absolute atomic E-state index is 0.172. The van der Waals surface area contributed by atoms with E-state index in [2.05, 4.69) is 16.0 Å². The van der Waals surface area contributed by atoms with Crippen molar-refractivity contribution in [3.05, 3.63) is 53.3 Å². The molecule has 0 unspecified atom stereocenters. The number of nitrogens with zero attached hydrogens (tertiary/aromatic N) is 1. The zero-order valence-electron chi connectivity index (χ0n) is 14.2. The molecule has 0 fully saturated rings. The van der Waals surface area contributed by atoms with Gasteiger partial charge in [0, 0.05) is 6.42 Å². The highest BCUT2D eigenvalue weighted by Crippen LogP contribution is 2.27. The molecule has 0 saturated heterocycles. The molecule has 0 spiro atoms. The number of methoxy groups -OCH3 is 2. The number of aromatic nitrogens is 2. The van der Waals surface area contributed by atoms with Gasteiger partial charge in [-0.25, -0.2) is 9.78 Å². The van der Waals surface area contributed by atoms with E-state index in [9.17, 15) is 9.90 Å². The van der Waals surface area contributed by atoms with Crippen LogP contribution in [0.15, 0.2) is 36.4 Å². The number of carboxylic acids is 1. The van der Waals surface area contributed by atoms with E-state index in [4.69, 9.17) is 9.47 Å². The van der Waals surface area contributed by atoms with Crippen molar-refractivity contribution >= 4 is 17.0 Å². The first-order valence-electron chi connectivity index (χ1n) is 8.04. The largest absolute Gasteiger partial charge is 0.497 e. The van der Waals surface area contributed by atoms with E-state index in [1.165, 1.54) is 11.6 Å². The van der Waals surface area contributed by atoms with E-state index < -0.39 is 5.97 Å². The van der Waals surface area contributed by atoms with Crippen molar-refractivity contribution in [1.82, 2.24) is 9.97 Å². The predicted octanol–water partition coefficient (Wildman–Crippen LogP) is 3.45. The number of aromatic amines is 1. The van der Waals surface area contributed by atoms with Crippen molar-refractivity contribution in [2.75, 3.05) is 14.2 Å². The number of imidazole rings is 1. The van der Waals surface area contributed by atoms with Crippen LogP contribution in [0, 0.1) is 0 Å². The quantitative estimate of drug-likeness (QED) is 0.688. The Hall–Kier alpha value is -3.02. The Balaban J connectivity index is 1.77. The van der Waals surface area contributed by atoms with Crippen LogP contribution in [0.3, 0.4) is 0 Å². The van der Waals surface area contributed by atoms with Crippen LogP contribution in [-0.2, 0) is 12.8 Å². The van der Waals surface area contributed by atoms with Gasteiger partial charge < -0.3 is 19.6 Å². The molecule has 1 heterocycles. The second kappa shape index (κ2) is 7.25. The number of hydrogen-bond acceptors (Lipinski definition) is 4. The highest BCUT2D eigenvalue weighted by molar-refractivity contribution is 6.02. The van der Waals surface area contributed by atoms with Crippen molar-refractivity contribution in [3.8, 4) is 11.5 Å². The highest BCUT2D eigenvalue weighted by atomic mass is 16.5. The predicted molar refractivity (Wildman–Crippen MR) is 94.6 cm³/mol. The zero-order chi connectivity index (χ0) is 17.8. The first kappa shape index (κ1) is 16.8. The fourth-order valence-corrected chi connectivity index (χ4v) is 2.87.